The first-order chi connectivity index (χ1) is 10.1. The number of alkyl halides is 1. The van der Waals surface area contributed by atoms with Gasteiger partial charge in [0.1, 0.15) is 11.6 Å². The van der Waals surface area contributed by atoms with Gasteiger partial charge >= 0.3 is 0 Å². The smallest absolute Gasteiger partial charge is 0.139 e. The van der Waals surface area contributed by atoms with E-state index in [0.29, 0.717) is 16.4 Å². The molecule has 2 aromatic rings. The maximum Gasteiger partial charge on any atom is 0.139 e. The summed E-state index contributed by atoms with van der Waals surface area (Å²) in [6.45, 7) is 2.31. The van der Waals surface area contributed by atoms with Crippen LogP contribution in [0.15, 0.2) is 16.6 Å². The third-order valence-corrected chi connectivity index (χ3v) is 5.19. The van der Waals surface area contributed by atoms with E-state index >= 15 is 0 Å². The largest absolute Gasteiger partial charge is 0.325 e. The lowest BCUT2D eigenvalue weighted by Crippen LogP contribution is -2.19. The molecule has 0 radical (unpaired) electrons. The Morgan fingerprint density at radius 2 is 2.24 bits per heavy atom. The number of aromatic nitrogens is 2. The van der Waals surface area contributed by atoms with Crippen molar-refractivity contribution in [3.8, 4) is 0 Å². The van der Waals surface area contributed by atoms with E-state index in [2.05, 4.69) is 32.4 Å². The summed E-state index contributed by atoms with van der Waals surface area (Å²) in [5, 5.41) is 0. The van der Waals surface area contributed by atoms with Gasteiger partial charge in [0.05, 0.1) is 15.5 Å². The molecule has 2 atom stereocenters. The summed E-state index contributed by atoms with van der Waals surface area (Å²) in [5.74, 6) is 1.99. The predicted octanol–water partition coefficient (Wildman–Crippen LogP) is 5.47. The summed E-state index contributed by atoms with van der Waals surface area (Å²) in [4.78, 5) is 4.62. The fourth-order valence-electron chi connectivity index (χ4n) is 3.45. The zero-order valence-electron chi connectivity index (χ0n) is 12.1. The van der Waals surface area contributed by atoms with Crippen LogP contribution in [0.25, 0.3) is 11.0 Å². The van der Waals surface area contributed by atoms with Gasteiger partial charge in [0, 0.05) is 24.4 Å². The van der Waals surface area contributed by atoms with Gasteiger partial charge < -0.3 is 4.57 Å². The maximum atomic E-state index is 13.8. The molecule has 3 rings (SSSR count). The molecule has 1 saturated carbocycles. The number of nitrogens with zero attached hydrogens (tertiary/aromatic N) is 2. The van der Waals surface area contributed by atoms with Gasteiger partial charge in [0.2, 0.25) is 0 Å². The van der Waals surface area contributed by atoms with Crippen molar-refractivity contribution >= 4 is 38.6 Å². The van der Waals surface area contributed by atoms with Gasteiger partial charge in [0.25, 0.3) is 0 Å². The molecule has 2 unspecified atom stereocenters. The van der Waals surface area contributed by atoms with Crippen LogP contribution in [0.4, 0.5) is 4.39 Å². The normalized spacial score (nSPS) is 22.9. The summed E-state index contributed by atoms with van der Waals surface area (Å²) < 4.78 is 16.6. The van der Waals surface area contributed by atoms with E-state index in [1.165, 1.54) is 25.3 Å². The molecule has 0 saturated heterocycles. The Labute approximate surface area is 137 Å². The molecule has 1 aliphatic rings. The molecular formula is C16H19BrClFN2. The highest BCUT2D eigenvalue weighted by molar-refractivity contribution is 9.10. The summed E-state index contributed by atoms with van der Waals surface area (Å²) in [7, 11) is 0. The second-order valence-corrected chi connectivity index (χ2v) is 7.25. The lowest BCUT2D eigenvalue weighted by atomic mass is 9.87. The predicted molar refractivity (Wildman–Crippen MR) is 88.5 cm³/mol. The van der Waals surface area contributed by atoms with Gasteiger partial charge in [-0.15, -0.1) is 11.6 Å². The Hall–Kier alpha value is -0.610. The molecule has 114 valence electrons. The third-order valence-electron chi connectivity index (χ3n) is 4.40. The number of aryl methyl sites for hydroxylation is 1. The van der Waals surface area contributed by atoms with Crippen molar-refractivity contribution in [2.24, 2.45) is 5.92 Å². The highest BCUT2D eigenvalue weighted by Gasteiger charge is 2.24. The molecule has 0 bridgehead atoms. The molecule has 1 aliphatic carbocycles. The molecule has 0 amide bonds. The minimum Gasteiger partial charge on any atom is -0.325 e. The second kappa shape index (κ2) is 6.25. The minimum absolute atomic E-state index is 0.262. The van der Waals surface area contributed by atoms with Gasteiger partial charge in [-0.25, -0.2) is 9.37 Å². The quantitative estimate of drug-likeness (QED) is 0.652. The van der Waals surface area contributed by atoms with Crippen LogP contribution in [-0.4, -0.2) is 15.4 Å². The monoisotopic (exact) mass is 372 g/mol. The Morgan fingerprint density at radius 3 is 2.95 bits per heavy atom. The summed E-state index contributed by atoms with van der Waals surface area (Å²) in [5.41, 5.74) is 1.75. The summed E-state index contributed by atoms with van der Waals surface area (Å²) >= 11 is 9.22. The average Bonchev–Trinajstić information content (AvgIpc) is 2.77. The average molecular weight is 374 g/mol. The summed E-state index contributed by atoms with van der Waals surface area (Å²) in [6.07, 6.45) is 5.59. The van der Waals surface area contributed by atoms with Crippen LogP contribution >= 0.6 is 27.5 Å². The molecule has 1 heterocycles. The maximum absolute atomic E-state index is 13.8. The van der Waals surface area contributed by atoms with Crippen molar-refractivity contribution < 1.29 is 4.39 Å². The fourth-order valence-corrected chi connectivity index (χ4v) is 3.95. The first-order valence-corrected chi connectivity index (χ1v) is 8.84. The molecule has 0 aliphatic heterocycles. The van der Waals surface area contributed by atoms with E-state index in [1.54, 1.807) is 0 Å². The highest BCUT2D eigenvalue weighted by atomic mass is 79.9. The molecule has 5 heteroatoms. The molecule has 21 heavy (non-hydrogen) atoms. The zero-order chi connectivity index (χ0) is 15.0. The van der Waals surface area contributed by atoms with E-state index in [1.807, 2.05) is 6.07 Å². The third kappa shape index (κ3) is 2.98. The number of hydrogen-bond donors (Lipinski definition) is 0. The Kier molecular flexibility index (Phi) is 4.55. The minimum atomic E-state index is -0.262. The number of rotatable bonds is 3. The van der Waals surface area contributed by atoms with Crippen LogP contribution in [0.1, 0.15) is 44.5 Å². The van der Waals surface area contributed by atoms with Crippen LogP contribution in [0.5, 0.6) is 0 Å². The number of imidazole rings is 1. The van der Waals surface area contributed by atoms with Gasteiger partial charge in [-0.3, -0.25) is 0 Å². The first-order valence-electron chi connectivity index (χ1n) is 7.52. The van der Waals surface area contributed by atoms with Gasteiger partial charge in [0.15, 0.2) is 0 Å². The lowest BCUT2D eigenvalue weighted by molar-refractivity contribution is 0.282. The summed E-state index contributed by atoms with van der Waals surface area (Å²) in [6, 6.07) is 3.82. The van der Waals surface area contributed by atoms with E-state index in [-0.39, 0.29) is 5.82 Å². The van der Waals surface area contributed by atoms with E-state index in [9.17, 15) is 4.39 Å². The molecular weight excluding hydrogens is 355 g/mol. The lowest BCUT2D eigenvalue weighted by Gasteiger charge is -2.29. The number of benzene rings is 1. The van der Waals surface area contributed by atoms with Crippen molar-refractivity contribution in [1.82, 2.24) is 9.55 Å². The molecule has 1 aromatic carbocycles. The SMILES string of the molecule is CC1CCCC(n2c(CCCl)nc3cc(F)c(Br)cc32)C1. The van der Waals surface area contributed by atoms with Crippen molar-refractivity contribution in [2.45, 2.75) is 45.1 Å². The number of fused-ring (bicyclic) bond motifs is 1. The Morgan fingerprint density at radius 1 is 1.43 bits per heavy atom. The van der Waals surface area contributed by atoms with Crippen LogP contribution in [0, 0.1) is 11.7 Å². The molecule has 2 nitrogen and oxygen atoms in total. The van der Waals surface area contributed by atoms with Crippen molar-refractivity contribution in [3.63, 3.8) is 0 Å². The molecule has 0 spiro atoms. The molecule has 1 aromatic heterocycles. The molecule has 1 fully saturated rings. The van der Waals surface area contributed by atoms with E-state index in [4.69, 9.17) is 11.6 Å². The van der Waals surface area contributed by atoms with Crippen molar-refractivity contribution in [2.75, 3.05) is 5.88 Å². The van der Waals surface area contributed by atoms with Crippen molar-refractivity contribution in [3.05, 3.63) is 28.2 Å². The van der Waals surface area contributed by atoms with Crippen molar-refractivity contribution in [1.29, 1.82) is 0 Å². The van der Waals surface area contributed by atoms with Gasteiger partial charge in [-0.1, -0.05) is 19.8 Å². The molecule has 0 N–H and O–H groups in total. The van der Waals surface area contributed by atoms with Crippen LogP contribution in [-0.2, 0) is 6.42 Å². The van der Waals surface area contributed by atoms with Gasteiger partial charge in [-0.05, 0) is 40.8 Å². The van der Waals surface area contributed by atoms with Crippen LogP contribution < -0.4 is 0 Å². The Balaban J connectivity index is 2.12. The first kappa shape index (κ1) is 15.3. The van der Waals surface area contributed by atoms with E-state index in [0.717, 1.165) is 35.6 Å². The van der Waals surface area contributed by atoms with Gasteiger partial charge in [-0.2, -0.15) is 0 Å². The van der Waals surface area contributed by atoms with Crippen LogP contribution in [0.2, 0.25) is 0 Å². The number of halogens is 3. The topological polar surface area (TPSA) is 17.8 Å². The fraction of sp³-hybridized carbons (Fsp3) is 0.562. The zero-order valence-corrected chi connectivity index (χ0v) is 14.4. The number of hydrogen-bond acceptors (Lipinski definition) is 1. The second-order valence-electron chi connectivity index (χ2n) is 6.02. The Bertz CT molecular complexity index is 655. The van der Waals surface area contributed by atoms with E-state index < -0.39 is 0 Å². The van der Waals surface area contributed by atoms with Crippen LogP contribution in [0.3, 0.4) is 0 Å². The standard InChI is InChI=1S/C16H19BrClFN2/c1-10-3-2-4-11(7-10)21-15-8-12(17)13(19)9-14(15)20-16(21)5-6-18/h8-11H,2-7H2,1H3. The highest BCUT2D eigenvalue weighted by Crippen LogP contribution is 2.36.